The molecule has 14 heteroatoms. The van der Waals surface area contributed by atoms with Gasteiger partial charge in [-0.05, 0) is 52.0 Å². The highest BCUT2D eigenvalue weighted by Gasteiger charge is 2.36. The molecular weight excluding hydrogens is 600 g/mol. The van der Waals surface area contributed by atoms with Crippen LogP contribution >= 0.6 is 0 Å². The minimum Gasteiger partial charge on any atom is -0.436 e. The van der Waals surface area contributed by atoms with E-state index in [1.54, 1.807) is 56.9 Å². The molecule has 2 N–H and O–H groups in total. The molecule has 2 aliphatic heterocycles. The van der Waals surface area contributed by atoms with Crippen molar-refractivity contribution < 1.29 is 47.8 Å². The largest absolute Gasteiger partial charge is 0.528 e. The van der Waals surface area contributed by atoms with Gasteiger partial charge in [0.2, 0.25) is 12.2 Å². The fourth-order valence-corrected chi connectivity index (χ4v) is 5.33. The van der Waals surface area contributed by atoms with Crippen molar-refractivity contribution in [3.05, 3.63) is 35.4 Å². The number of nitrogens with zero attached hydrogens (tertiary/aromatic N) is 2. The van der Waals surface area contributed by atoms with Crippen molar-refractivity contribution in [3.8, 4) is 0 Å². The zero-order chi connectivity index (χ0) is 33.9. The normalized spacial score (nSPS) is 18.9. The lowest BCUT2D eigenvalue weighted by atomic mass is 9.96. The molecule has 254 valence electrons. The number of ether oxygens (including phenoxy) is 4. The van der Waals surface area contributed by atoms with E-state index in [1.807, 2.05) is 0 Å². The van der Waals surface area contributed by atoms with Crippen LogP contribution in [0, 0.1) is 17.2 Å². The van der Waals surface area contributed by atoms with Gasteiger partial charge in [-0.15, -0.1) is 5.06 Å². The van der Waals surface area contributed by atoms with E-state index in [1.165, 1.54) is 12.0 Å². The molecule has 2 aliphatic rings. The number of piperidine rings is 2. The van der Waals surface area contributed by atoms with Gasteiger partial charge in [-0.3, -0.25) is 19.8 Å². The summed E-state index contributed by atoms with van der Waals surface area (Å²) in [6, 6.07) is 6.71. The number of ketones is 1. The lowest BCUT2D eigenvalue weighted by Crippen LogP contribution is -2.47. The third kappa shape index (κ3) is 12.0. The topological polar surface area (TPSA) is 174 Å². The van der Waals surface area contributed by atoms with Crippen molar-refractivity contribution in [2.24, 2.45) is 11.8 Å². The summed E-state index contributed by atoms with van der Waals surface area (Å²) in [6.07, 6.45) is 0.485. The minimum absolute atomic E-state index is 0.0522. The molecule has 0 saturated carbocycles. The molecule has 2 unspecified atom stereocenters. The van der Waals surface area contributed by atoms with Crippen molar-refractivity contribution in [2.75, 3.05) is 26.2 Å². The van der Waals surface area contributed by atoms with Crippen molar-refractivity contribution in [3.63, 3.8) is 0 Å². The fraction of sp³-hybridized carbons (Fsp3) is 0.625. The molecule has 2 saturated heterocycles. The van der Waals surface area contributed by atoms with E-state index < -0.39 is 36.0 Å². The first kappa shape index (κ1) is 36.4. The number of benzene rings is 1. The van der Waals surface area contributed by atoms with Gasteiger partial charge in [0.05, 0.1) is 6.10 Å². The number of amides is 2. The average Bonchev–Trinajstić information content (AvgIpc) is 2.99. The smallest absolute Gasteiger partial charge is 0.436 e. The highest BCUT2D eigenvalue weighted by molar-refractivity contribution is 5.98. The zero-order valence-corrected chi connectivity index (χ0v) is 27.2. The molecule has 2 heterocycles. The number of carbonyl (C=O) groups is 5. The number of hydroxylamine groups is 2. The van der Waals surface area contributed by atoms with E-state index in [4.69, 9.17) is 24.5 Å². The number of alkyl carbamates (subject to hydrolysis) is 1. The first-order valence-corrected chi connectivity index (χ1v) is 15.6. The SMILES string of the molecule is CC(=O)OC(OC1CCN(C(=O)[C@H](C)CC(=O)c2ccc(CNC(=O)OC=N)cc2)CC1)C1CCCN(OC(=O)OC(C)(C)C)C1. The Morgan fingerprint density at radius 2 is 1.72 bits per heavy atom. The Morgan fingerprint density at radius 1 is 1.04 bits per heavy atom. The maximum absolute atomic E-state index is 13.2. The van der Waals surface area contributed by atoms with Crippen molar-refractivity contribution >= 4 is 36.3 Å². The van der Waals surface area contributed by atoms with E-state index in [0.29, 0.717) is 57.4 Å². The summed E-state index contributed by atoms with van der Waals surface area (Å²) in [5, 5.41) is 10.8. The molecule has 0 aliphatic carbocycles. The summed E-state index contributed by atoms with van der Waals surface area (Å²) in [5.74, 6) is -1.50. The fourth-order valence-electron chi connectivity index (χ4n) is 5.33. The lowest BCUT2D eigenvalue weighted by Gasteiger charge is -2.38. The number of nitrogens with one attached hydrogen (secondary N) is 2. The van der Waals surface area contributed by atoms with Gasteiger partial charge >= 0.3 is 18.2 Å². The monoisotopic (exact) mass is 646 g/mol. The molecule has 3 atom stereocenters. The van der Waals surface area contributed by atoms with E-state index in [2.05, 4.69) is 10.1 Å². The van der Waals surface area contributed by atoms with Gasteiger partial charge in [0, 0.05) is 63.5 Å². The van der Waals surface area contributed by atoms with Gasteiger partial charge in [0.25, 0.3) is 0 Å². The second-order valence-corrected chi connectivity index (χ2v) is 12.6. The standard InChI is InChI=1S/C32H46N4O10/c1-21(17-27(38)24-10-8-23(9-11-24)18-34-30(40)42-20-33)28(39)35-15-12-26(13-16-35)44-29(43-22(2)37)25-7-6-14-36(19-25)46-31(41)45-32(3,4)5/h8-11,20-21,25-26,29,33H,6-7,12-19H2,1-5H3,(H,34,40)/t21-,25?,29?/m1/s1. The number of hydrogen-bond donors (Lipinski definition) is 2. The van der Waals surface area contributed by atoms with Crippen molar-refractivity contribution in [1.82, 2.24) is 15.3 Å². The molecule has 1 aromatic carbocycles. The molecule has 0 bridgehead atoms. The summed E-state index contributed by atoms with van der Waals surface area (Å²) in [6.45, 7) is 10.2. The highest BCUT2D eigenvalue weighted by atomic mass is 16.8. The molecule has 2 fully saturated rings. The van der Waals surface area contributed by atoms with Crippen LogP contribution in [0.5, 0.6) is 0 Å². The Morgan fingerprint density at radius 3 is 2.33 bits per heavy atom. The third-order valence-corrected chi connectivity index (χ3v) is 7.55. The first-order chi connectivity index (χ1) is 21.7. The molecule has 0 aromatic heterocycles. The van der Waals surface area contributed by atoms with Gasteiger partial charge in [-0.1, -0.05) is 31.2 Å². The zero-order valence-electron chi connectivity index (χ0n) is 27.2. The van der Waals surface area contributed by atoms with Crippen LogP contribution in [-0.2, 0) is 39.9 Å². The number of rotatable bonds is 12. The Hall–Kier alpha value is -4.04. The number of carbonyl (C=O) groups excluding carboxylic acids is 5. The number of esters is 1. The number of hydrogen-bond acceptors (Lipinski definition) is 12. The number of likely N-dealkylation sites (tertiary alicyclic amines) is 1. The lowest BCUT2D eigenvalue weighted by molar-refractivity contribution is -0.230. The molecule has 1 aromatic rings. The quantitative estimate of drug-likeness (QED) is 0.0832. The van der Waals surface area contributed by atoms with E-state index in [-0.39, 0.29) is 36.7 Å². The van der Waals surface area contributed by atoms with Crippen LogP contribution in [0.1, 0.15) is 82.6 Å². The summed E-state index contributed by atoms with van der Waals surface area (Å²) in [4.78, 5) is 68.6. The molecule has 3 rings (SSSR count). The van der Waals surface area contributed by atoms with Crippen LogP contribution in [0.15, 0.2) is 24.3 Å². The van der Waals surface area contributed by atoms with Crippen LogP contribution in [-0.4, -0.2) is 90.4 Å². The average molecular weight is 647 g/mol. The first-order valence-electron chi connectivity index (χ1n) is 15.6. The summed E-state index contributed by atoms with van der Waals surface area (Å²) >= 11 is 0. The van der Waals surface area contributed by atoms with Gasteiger partial charge in [-0.2, -0.15) is 0 Å². The molecule has 14 nitrogen and oxygen atoms in total. The summed E-state index contributed by atoms with van der Waals surface area (Å²) in [7, 11) is 0. The van der Waals surface area contributed by atoms with E-state index in [0.717, 1.165) is 12.0 Å². The summed E-state index contributed by atoms with van der Waals surface area (Å²) in [5.41, 5.74) is 0.526. The van der Waals surface area contributed by atoms with Gasteiger partial charge < -0.3 is 34.0 Å². The predicted octanol–water partition coefficient (Wildman–Crippen LogP) is 4.20. The second-order valence-electron chi connectivity index (χ2n) is 12.6. The van der Waals surface area contributed by atoms with E-state index >= 15 is 0 Å². The van der Waals surface area contributed by atoms with Crippen LogP contribution in [0.3, 0.4) is 0 Å². The van der Waals surface area contributed by atoms with Crippen LogP contribution in [0.2, 0.25) is 0 Å². The van der Waals surface area contributed by atoms with Gasteiger partial charge in [-0.25, -0.2) is 9.59 Å². The molecule has 2 amide bonds. The highest BCUT2D eigenvalue weighted by Crippen LogP contribution is 2.27. The second kappa shape index (κ2) is 17.0. The minimum atomic E-state index is -0.830. The van der Waals surface area contributed by atoms with E-state index in [9.17, 15) is 24.0 Å². The van der Waals surface area contributed by atoms with Crippen LogP contribution in [0.4, 0.5) is 9.59 Å². The van der Waals surface area contributed by atoms with Crippen molar-refractivity contribution in [1.29, 1.82) is 5.41 Å². The molecule has 0 spiro atoms. The summed E-state index contributed by atoms with van der Waals surface area (Å²) < 4.78 is 21.5. The Bertz CT molecular complexity index is 1220. The van der Waals surface area contributed by atoms with Crippen LogP contribution < -0.4 is 5.32 Å². The molecular formula is C32H46N4O10. The maximum Gasteiger partial charge on any atom is 0.528 e. The third-order valence-electron chi connectivity index (χ3n) is 7.55. The maximum atomic E-state index is 13.2. The predicted molar refractivity (Wildman–Crippen MR) is 165 cm³/mol. The van der Waals surface area contributed by atoms with Gasteiger partial charge in [0.1, 0.15) is 5.60 Å². The van der Waals surface area contributed by atoms with Crippen LogP contribution in [0.25, 0.3) is 0 Å². The molecule has 46 heavy (non-hydrogen) atoms. The Labute approximate surface area is 269 Å². The van der Waals surface area contributed by atoms with Crippen molar-refractivity contribution in [2.45, 2.75) is 91.3 Å². The van der Waals surface area contributed by atoms with Gasteiger partial charge in [0.15, 0.2) is 12.2 Å². The molecule has 0 radical (unpaired) electrons. The Kier molecular flexibility index (Phi) is 13.5. The number of Topliss-reactive ketones (excluding diaryl/α,β-unsaturated/α-hetero) is 1. The Balaban J connectivity index is 1.47.